The summed E-state index contributed by atoms with van der Waals surface area (Å²) in [5, 5.41) is 2.87. The van der Waals surface area contributed by atoms with Gasteiger partial charge < -0.3 is 5.32 Å². The van der Waals surface area contributed by atoms with E-state index in [-0.39, 0.29) is 0 Å². The van der Waals surface area contributed by atoms with E-state index >= 15 is 0 Å². The molecule has 1 N–H and O–H groups in total. The maximum absolute atomic E-state index is 4.30. The van der Waals surface area contributed by atoms with Crippen LogP contribution in [0.1, 0.15) is 24.0 Å². The Morgan fingerprint density at radius 1 is 1.35 bits per heavy atom. The lowest BCUT2D eigenvalue weighted by Gasteiger charge is -2.23. The summed E-state index contributed by atoms with van der Waals surface area (Å²) >= 11 is 0. The van der Waals surface area contributed by atoms with Gasteiger partial charge in [0.1, 0.15) is 0 Å². The molecule has 0 spiro atoms. The Morgan fingerprint density at radius 3 is 3.00 bits per heavy atom. The first-order valence-electron chi connectivity index (χ1n) is 6.32. The summed E-state index contributed by atoms with van der Waals surface area (Å²) in [5.41, 5.74) is 3.08. The SMILES string of the molecule is C=CNC=NCCC1CCc2ccccc2C1. The Hall–Kier alpha value is -1.57. The minimum absolute atomic E-state index is 0.797. The van der Waals surface area contributed by atoms with Crippen molar-refractivity contribution < 1.29 is 0 Å². The van der Waals surface area contributed by atoms with Gasteiger partial charge in [-0.3, -0.25) is 4.99 Å². The van der Waals surface area contributed by atoms with Crippen molar-refractivity contribution in [1.29, 1.82) is 0 Å². The van der Waals surface area contributed by atoms with Gasteiger partial charge in [0, 0.05) is 6.54 Å². The molecular formula is C15H20N2. The molecule has 1 atom stereocenters. The molecule has 2 nitrogen and oxygen atoms in total. The Labute approximate surface area is 103 Å². The number of hydrogen-bond donors (Lipinski definition) is 1. The van der Waals surface area contributed by atoms with Gasteiger partial charge in [-0.15, -0.1) is 0 Å². The molecule has 0 heterocycles. The summed E-state index contributed by atoms with van der Waals surface area (Å²) in [6, 6.07) is 8.82. The second kappa shape index (κ2) is 6.24. The first-order chi connectivity index (χ1) is 8.40. The smallest absolute Gasteiger partial charge is 0.0863 e. The number of aliphatic imine (C=N–C) groups is 1. The van der Waals surface area contributed by atoms with Crippen LogP contribution in [0.25, 0.3) is 0 Å². The Balaban J connectivity index is 1.80. The third-order valence-electron chi connectivity index (χ3n) is 3.40. The molecule has 0 saturated heterocycles. The van der Waals surface area contributed by atoms with Crippen LogP contribution < -0.4 is 5.32 Å². The summed E-state index contributed by atoms with van der Waals surface area (Å²) in [7, 11) is 0. The topological polar surface area (TPSA) is 24.4 Å². The van der Waals surface area contributed by atoms with Gasteiger partial charge in [0.2, 0.25) is 0 Å². The quantitative estimate of drug-likeness (QED) is 0.608. The second-order valence-electron chi connectivity index (χ2n) is 4.57. The molecule has 17 heavy (non-hydrogen) atoms. The van der Waals surface area contributed by atoms with Crippen LogP contribution in [0.4, 0.5) is 0 Å². The molecule has 0 fully saturated rings. The van der Waals surface area contributed by atoms with Gasteiger partial charge in [-0.05, 0) is 48.9 Å². The predicted molar refractivity (Wildman–Crippen MR) is 73.3 cm³/mol. The zero-order valence-electron chi connectivity index (χ0n) is 10.2. The standard InChI is InChI=1S/C15H20N2/c1-2-16-12-17-10-9-13-7-8-14-5-3-4-6-15(14)11-13/h2-6,12-13H,1,7-11H2,(H,16,17). The molecule has 1 unspecified atom stereocenters. The lowest BCUT2D eigenvalue weighted by Crippen LogP contribution is -2.15. The van der Waals surface area contributed by atoms with Gasteiger partial charge in [0.15, 0.2) is 0 Å². The lowest BCUT2D eigenvalue weighted by molar-refractivity contribution is 0.433. The highest BCUT2D eigenvalue weighted by Crippen LogP contribution is 2.27. The fraction of sp³-hybridized carbons (Fsp3) is 0.400. The lowest BCUT2D eigenvalue weighted by atomic mass is 9.82. The van der Waals surface area contributed by atoms with E-state index in [0.717, 1.165) is 12.5 Å². The number of benzene rings is 1. The number of rotatable bonds is 5. The highest BCUT2D eigenvalue weighted by molar-refractivity contribution is 5.55. The Morgan fingerprint density at radius 2 is 2.18 bits per heavy atom. The van der Waals surface area contributed by atoms with Crippen LogP contribution >= 0.6 is 0 Å². The van der Waals surface area contributed by atoms with E-state index in [1.54, 1.807) is 18.1 Å². The predicted octanol–water partition coefficient (Wildman–Crippen LogP) is 2.94. The minimum atomic E-state index is 0.797. The zero-order valence-corrected chi connectivity index (χ0v) is 10.2. The molecule has 2 heteroatoms. The average Bonchev–Trinajstić information content (AvgIpc) is 2.38. The van der Waals surface area contributed by atoms with Crippen LogP contribution in [0.5, 0.6) is 0 Å². The molecule has 0 aliphatic heterocycles. The molecular weight excluding hydrogens is 208 g/mol. The van der Waals surface area contributed by atoms with E-state index in [1.807, 2.05) is 0 Å². The summed E-state index contributed by atoms with van der Waals surface area (Å²) < 4.78 is 0. The van der Waals surface area contributed by atoms with Crippen molar-refractivity contribution >= 4 is 6.34 Å². The third-order valence-corrected chi connectivity index (χ3v) is 3.40. The van der Waals surface area contributed by atoms with Gasteiger partial charge in [-0.2, -0.15) is 0 Å². The minimum Gasteiger partial charge on any atom is -0.354 e. The maximum atomic E-state index is 4.30. The normalized spacial score (nSPS) is 18.9. The molecule has 0 radical (unpaired) electrons. The van der Waals surface area contributed by atoms with E-state index in [1.165, 1.54) is 31.2 Å². The Bertz CT molecular complexity index is 396. The van der Waals surface area contributed by atoms with E-state index < -0.39 is 0 Å². The van der Waals surface area contributed by atoms with Crippen molar-refractivity contribution in [3.8, 4) is 0 Å². The summed E-state index contributed by atoms with van der Waals surface area (Å²) in [4.78, 5) is 4.30. The number of aryl methyl sites for hydroxylation is 1. The van der Waals surface area contributed by atoms with Crippen LogP contribution in [0.15, 0.2) is 42.0 Å². The molecule has 1 aliphatic rings. The monoisotopic (exact) mass is 228 g/mol. The van der Waals surface area contributed by atoms with E-state index in [4.69, 9.17) is 0 Å². The van der Waals surface area contributed by atoms with Crippen molar-refractivity contribution in [3.63, 3.8) is 0 Å². The van der Waals surface area contributed by atoms with E-state index in [9.17, 15) is 0 Å². The first-order valence-corrected chi connectivity index (χ1v) is 6.32. The van der Waals surface area contributed by atoms with Gasteiger partial charge in [0.05, 0.1) is 6.34 Å². The number of fused-ring (bicyclic) bond motifs is 1. The van der Waals surface area contributed by atoms with Crippen LogP contribution in [-0.2, 0) is 12.8 Å². The molecule has 2 rings (SSSR count). The van der Waals surface area contributed by atoms with Crippen LogP contribution in [0.2, 0.25) is 0 Å². The van der Waals surface area contributed by atoms with Gasteiger partial charge in [-0.25, -0.2) is 0 Å². The molecule has 0 saturated carbocycles. The average molecular weight is 228 g/mol. The molecule has 0 amide bonds. The largest absolute Gasteiger partial charge is 0.354 e. The van der Waals surface area contributed by atoms with Crippen molar-refractivity contribution in [1.82, 2.24) is 5.32 Å². The summed E-state index contributed by atoms with van der Waals surface area (Å²) in [6.45, 7) is 4.48. The van der Waals surface area contributed by atoms with Crippen molar-refractivity contribution in [3.05, 3.63) is 48.2 Å². The maximum Gasteiger partial charge on any atom is 0.0863 e. The molecule has 1 aromatic carbocycles. The number of nitrogens with zero attached hydrogens (tertiary/aromatic N) is 1. The number of hydrogen-bond acceptors (Lipinski definition) is 1. The highest BCUT2D eigenvalue weighted by atomic mass is 14.9. The summed E-state index contributed by atoms with van der Waals surface area (Å²) in [5.74, 6) is 0.797. The zero-order chi connectivity index (χ0) is 11.9. The van der Waals surface area contributed by atoms with Crippen LogP contribution in [-0.4, -0.2) is 12.9 Å². The van der Waals surface area contributed by atoms with Gasteiger partial charge in [0.25, 0.3) is 0 Å². The van der Waals surface area contributed by atoms with E-state index in [2.05, 4.69) is 41.2 Å². The molecule has 1 aromatic rings. The molecule has 0 bridgehead atoms. The summed E-state index contributed by atoms with van der Waals surface area (Å²) in [6.07, 6.45) is 8.31. The fourth-order valence-corrected chi connectivity index (χ4v) is 2.45. The van der Waals surface area contributed by atoms with Crippen LogP contribution in [0.3, 0.4) is 0 Å². The van der Waals surface area contributed by atoms with Gasteiger partial charge >= 0.3 is 0 Å². The Kier molecular flexibility index (Phi) is 4.37. The third kappa shape index (κ3) is 3.45. The first kappa shape index (κ1) is 11.9. The van der Waals surface area contributed by atoms with Crippen molar-refractivity contribution in [2.24, 2.45) is 10.9 Å². The van der Waals surface area contributed by atoms with Gasteiger partial charge in [-0.1, -0.05) is 30.8 Å². The second-order valence-corrected chi connectivity index (χ2v) is 4.57. The van der Waals surface area contributed by atoms with Crippen molar-refractivity contribution in [2.45, 2.75) is 25.7 Å². The highest BCUT2D eigenvalue weighted by Gasteiger charge is 2.17. The molecule has 90 valence electrons. The van der Waals surface area contributed by atoms with E-state index in [0.29, 0.717) is 0 Å². The number of nitrogens with one attached hydrogen (secondary N) is 1. The molecule has 1 aliphatic carbocycles. The fourth-order valence-electron chi connectivity index (χ4n) is 2.45. The van der Waals surface area contributed by atoms with Crippen LogP contribution in [0, 0.1) is 5.92 Å². The molecule has 0 aromatic heterocycles. The van der Waals surface area contributed by atoms with Crippen molar-refractivity contribution in [2.75, 3.05) is 6.54 Å².